The van der Waals surface area contributed by atoms with Crippen LogP contribution in [-0.2, 0) is 20.2 Å². The Kier molecular flexibility index (Phi) is 5.01. The average molecular weight is 349 g/mol. The molecule has 0 bridgehead atoms. The lowest BCUT2D eigenvalue weighted by Crippen LogP contribution is -2.30. The maximum Gasteiger partial charge on any atom is 0.390 e. The lowest BCUT2D eigenvalue weighted by atomic mass is 10.4. The molecule has 0 aliphatic carbocycles. The first-order valence-electron chi connectivity index (χ1n) is 5.42. The van der Waals surface area contributed by atoms with E-state index in [4.69, 9.17) is 0 Å². The molecule has 1 aromatic carbocycles. The second kappa shape index (κ2) is 5.89. The van der Waals surface area contributed by atoms with Crippen LogP contribution in [0.15, 0.2) is 34.1 Å². The predicted octanol–water partition coefficient (Wildman–Crippen LogP) is 1.92. The largest absolute Gasteiger partial charge is 0.390 e. The zero-order valence-electron chi connectivity index (χ0n) is 10.6. The van der Waals surface area contributed by atoms with Crippen LogP contribution in [-0.4, -0.2) is 40.9 Å². The van der Waals surface area contributed by atoms with Crippen molar-refractivity contribution in [3.05, 3.63) is 24.3 Å². The highest BCUT2D eigenvalue weighted by Gasteiger charge is 2.30. The van der Waals surface area contributed by atoms with Crippen LogP contribution in [0.4, 0.5) is 17.1 Å². The van der Waals surface area contributed by atoms with E-state index in [2.05, 4.69) is 0 Å². The monoisotopic (exact) mass is 349 g/mol. The Morgan fingerprint density at radius 3 is 1.81 bits per heavy atom. The summed E-state index contributed by atoms with van der Waals surface area (Å²) in [4.78, 5) is -1.17. The molecule has 0 saturated heterocycles. The molecule has 0 aromatic heterocycles. The number of alkyl halides is 3. The minimum absolute atomic E-state index is 0.431. The SMILES string of the molecule is CN(CCC(F)(F)F)S(=O)(=O)c1ccc(S(=O)(=O)F)cc1. The molecule has 0 N–H and O–H groups in total. The highest BCUT2D eigenvalue weighted by Crippen LogP contribution is 2.23. The molecule has 0 fully saturated rings. The van der Waals surface area contributed by atoms with Gasteiger partial charge in [0.15, 0.2) is 0 Å². The molecule has 0 atom stereocenters. The minimum Gasteiger partial charge on any atom is -0.207 e. The van der Waals surface area contributed by atoms with Gasteiger partial charge in [-0.15, -0.1) is 3.89 Å². The number of rotatable bonds is 5. The van der Waals surface area contributed by atoms with Crippen molar-refractivity contribution in [1.82, 2.24) is 4.31 Å². The van der Waals surface area contributed by atoms with Crippen LogP contribution in [0.2, 0.25) is 0 Å². The normalized spacial score (nSPS) is 13.6. The molecule has 5 nitrogen and oxygen atoms in total. The molecule has 11 heteroatoms. The molecule has 0 spiro atoms. The van der Waals surface area contributed by atoms with E-state index in [0.29, 0.717) is 4.31 Å². The van der Waals surface area contributed by atoms with E-state index in [1.165, 1.54) is 0 Å². The van der Waals surface area contributed by atoms with Crippen LogP contribution in [0, 0.1) is 0 Å². The second-order valence-corrected chi connectivity index (χ2v) is 7.49. The fraction of sp³-hybridized carbons (Fsp3) is 0.400. The zero-order valence-corrected chi connectivity index (χ0v) is 12.3. The number of benzene rings is 1. The summed E-state index contributed by atoms with van der Waals surface area (Å²) < 4.78 is 94.3. The summed E-state index contributed by atoms with van der Waals surface area (Å²) in [5.41, 5.74) is 0. The van der Waals surface area contributed by atoms with Crippen molar-refractivity contribution < 1.29 is 33.9 Å². The minimum atomic E-state index is -4.97. The van der Waals surface area contributed by atoms with Crippen LogP contribution < -0.4 is 0 Å². The van der Waals surface area contributed by atoms with Crippen LogP contribution in [0.1, 0.15) is 6.42 Å². The van der Waals surface area contributed by atoms with Crippen molar-refractivity contribution >= 4 is 20.2 Å². The van der Waals surface area contributed by atoms with Crippen LogP contribution in [0.5, 0.6) is 0 Å². The molecular weight excluding hydrogens is 338 g/mol. The lowest BCUT2D eigenvalue weighted by Gasteiger charge is -2.18. The Hall–Kier alpha value is -1.20. The summed E-state index contributed by atoms with van der Waals surface area (Å²) in [5, 5.41) is 0. The van der Waals surface area contributed by atoms with Crippen LogP contribution in [0.3, 0.4) is 0 Å². The van der Waals surface area contributed by atoms with Gasteiger partial charge in [0.2, 0.25) is 10.0 Å². The average Bonchev–Trinajstić information content (AvgIpc) is 2.34. The Labute approximate surface area is 119 Å². The van der Waals surface area contributed by atoms with Gasteiger partial charge in [0, 0.05) is 13.6 Å². The van der Waals surface area contributed by atoms with Gasteiger partial charge in [0.1, 0.15) is 0 Å². The Bertz CT molecular complexity index is 696. The predicted molar refractivity (Wildman–Crippen MR) is 65.2 cm³/mol. The van der Waals surface area contributed by atoms with E-state index in [-0.39, 0.29) is 0 Å². The van der Waals surface area contributed by atoms with Gasteiger partial charge in [-0.1, -0.05) is 0 Å². The van der Waals surface area contributed by atoms with E-state index in [1.807, 2.05) is 0 Å². The summed E-state index contributed by atoms with van der Waals surface area (Å²) in [6.45, 7) is -0.783. The topological polar surface area (TPSA) is 71.5 Å². The first-order valence-corrected chi connectivity index (χ1v) is 8.24. The van der Waals surface area contributed by atoms with E-state index >= 15 is 0 Å². The van der Waals surface area contributed by atoms with Crippen molar-refractivity contribution in [2.24, 2.45) is 0 Å². The third-order valence-corrected chi connectivity index (χ3v) is 5.23. The summed E-state index contributed by atoms with van der Waals surface area (Å²) in [6.07, 6.45) is -5.82. The van der Waals surface area contributed by atoms with Gasteiger partial charge in [-0.25, -0.2) is 12.7 Å². The van der Waals surface area contributed by atoms with E-state index in [9.17, 15) is 33.9 Å². The fourth-order valence-electron chi connectivity index (χ4n) is 1.36. The number of nitrogens with zero attached hydrogens (tertiary/aromatic N) is 1. The Balaban J connectivity index is 2.98. The molecule has 0 radical (unpaired) electrons. The molecule has 120 valence electrons. The number of hydrogen-bond acceptors (Lipinski definition) is 4. The quantitative estimate of drug-likeness (QED) is 0.601. The van der Waals surface area contributed by atoms with Gasteiger partial charge in [-0.2, -0.15) is 21.6 Å². The van der Waals surface area contributed by atoms with Gasteiger partial charge in [-0.3, -0.25) is 0 Å². The standard InChI is InChI=1S/C10H11F4NO4S2/c1-15(7-6-10(11,12)13)21(18,19)9-4-2-8(3-5-9)20(14,16)17/h2-5H,6-7H2,1H3. The van der Waals surface area contributed by atoms with Gasteiger partial charge in [0.25, 0.3) is 0 Å². The highest BCUT2D eigenvalue weighted by atomic mass is 32.3. The Morgan fingerprint density at radius 2 is 1.43 bits per heavy atom. The lowest BCUT2D eigenvalue weighted by molar-refractivity contribution is -0.135. The molecule has 0 saturated carbocycles. The third kappa shape index (κ3) is 4.93. The smallest absolute Gasteiger partial charge is 0.207 e. The van der Waals surface area contributed by atoms with Crippen LogP contribution in [0.25, 0.3) is 0 Å². The molecule has 0 aliphatic rings. The van der Waals surface area contributed by atoms with E-state index < -0.39 is 49.2 Å². The third-order valence-electron chi connectivity index (χ3n) is 2.52. The summed E-state index contributed by atoms with van der Waals surface area (Å²) in [7, 11) is -8.22. The molecule has 1 aromatic rings. The molecule has 21 heavy (non-hydrogen) atoms. The first-order chi connectivity index (χ1) is 9.34. The summed E-state index contributed by atoms with van der Waals surface area (Å²) >= 11 is 0. The van der Waals surface area contributed by atoms with Crippen LogP contribution >= 0.6 is 0 Å². The maximum atomic E-state index is 12.6. The number of hydrogen-bond donors (Lipinski definition) is 0. The zero-order chi connectivity index (χ0) is 16.5. The summed E-state index contributed by atoms with van der Waals surface area (Å²) in [6, 6.07) is 3.07. The molecule has 1 rings (SSSR count). The van der Waals surface area contributed by atoms with Crippen molar-refractivity contribution in [3.8, 4) is 0 Å². The van der Waals surface area contributed by atoms with E-state index in [1.54, 1.807) is 0 Å². The number of sulfonamides is 1. The summed E-state index contributed by atoms with van der Waals surface area (Å²) in [5.74, 6) is 0. The van der Waals surface area contributed by atoms with Gasteiger partial charge < -0.3 is 0 Å². The highest BCUT2D eigenvalue weighted by molar-refractivity contribution is 7.89. The van der Waals surface area contributed by atoms with Gasteiger partial charge in [0.05, 0.1) is 16.2 Å². The number of halogens is 4. The molecule has 0 unspecified atom stereocenters. The van der Waals surface area contributed by atoms with Gasteiger partial charge >= 0.3 is 16.4 Å². The molecule has 0 heterocycles. The van der Waals surface area contributed by atoms with Gasteiger partial charge in [-0.05, 0) is 24.3 Å². The first kappa shape index (κ1) is 17.9. The molecular formula is C10H11F4NO4S2. The van der Waals surface area contributed by atoms with Crippen molar-refractivity contribution in [1.29, 1.82) is 0 Å². The maximum absolute atomic E-state index is 12.6. The fourth-order valence-corrected chi connectivity index (χ4v) is 2.99. The van der Waals surface area contributed by atoms with Crippen molar-refractivity contribution in [2.45, 2.75) is 22.4 Å². The van der Waals surface area contributed by atoms with Crippen molar-refractivity contribution in [2.75, 3.05) is 13.6 Å². The second-order valence-electron chi connectivity index (χ2n) is 4.10. The Morgan fingerprint density at radius 1 is 1.00 bits per heavy atom. The van der Waals surface area contributed by atoms with E-state index in [0.717, 1.165) is 31.3 Å². The molecule has 0 amide bonds. The molecule has 0 aliphatic heterocycles. The van der Waals surface area contributed by atoms with Crippen molar-refractivity contribution in [3.63, 3.8) is 0 Å².